The molecule has 0 aliphatic heterocycles. The van der Waals surface area contributed by atoms with E-state index >= 15 is 0 Å². The Labute approximate surface area is 73.1 Å². The summed E-state index contributed by atoms with van der Waals surface area (Å²) >= 11 is 11.4. The number of hydrogen-bond donors (Lipinski definition) is 0. The van der Waals surface area contributed by atoms with Crippen LogP contribution in [-0.4, -0.2) is 17.3 Å². The lowest BCUT2D eigenvalue weighted by Gasteiger charge is -2.23. The van der Waals surface area contributed by atoms with Gasteiger partial charge in [-0.1, -0.05) is 28.4 Å². The molecule has 0 bridgehead atoms. The molecule has 0 spiro atoms. The number of rotatable bonds is 3. The van der Waals surface area contributed by atoms with Crippen LogP contribution in [0.2, 0.25) is 0 Å². The van der Waals surface area contributed by atoms with Crippen molar-refractivity contribution >= 4 is 29.3 Å². The molecule has 0 aliphatic rings. The largest absolute Gasteiger partial charge is 0.243 e. The minimum Gasteiger partial charge on any atom is -0.243 e. The molecule has 0 fully saturated rings. The summed E-state index contributed by atoms with van der Waals surface area (Å²) in [6, 6.07) is 0.317. The molecule has 0 saturated heterocycles. The number of terminal acetylenes is 1. The molecule has 0 radical (unpaired) electrons. The zero-order chi connectivity index (χ0) is 8.15. The van der Waals surface area contributed by atoms with Gasteiger partial charge in [-0.3, -0.25) is 0 Å². The van der Waals surface area contributed by atoms with Gasteiger partial charge in [0, 0.05) is 6.04 Å². The second-order valence-corrected chi connectivity index (χ2v) is 5.49. The first-order chi connectivity index (χ1) is 4.59. The fourth-order valence-corrected chi connectivity index (χ4v) is 2.41. The molecule has 0 aromatic heterocycles. The summed E-state index contributed by atoms with van der Waals surface area (Å²) in [5.41, 5.74) is 0. The second-order valence-electron chi connectivity index (χ2n) is 2.11. The van der Waals surface area contributed by atoms with E-state index in [2.05, 4.69) is 5.92 Å². The van der Waals surface area contributed by atoms with Crippen molar-refractivity contribution in [2.75, 3.05) is 6.54 Å². The van der Waals surface area contributed by atoms with Crippen LogP contribution >= 0.6 is 29.3 Å². The lowest BCUT2D eigenvalue weighted by molar-refractivity contribution is 0.433. The topological polar surface area (TPSA) is 3.24 Å². The van der Waals surface area contributed by atoms with Gasteiger partial charge in [0.1, 0.15) is 0 Å². The minimum absolute atomic E-state index is 0.317. The van der Waals surface area contributed by atoms with E-state index in [4.69, 9.17) is 28.9 Å². The Kier molecular flexibility index (Phi) is 5.49. The van der Waals surface area contributed by atoms with E-state index in [1.54, 1.807) is 0 Å². The predicted octanol–water partition coefficient (Wildman–Crippen LogP) is 3.03. The third kappa shape index (κ3) is 3.64. The molecule has 0 N–H and O–H groups in total. The molecule has 0 atom stereocenters. The van der Waals surface area contributed by atoms with Crippen LogP contribution < -0.4 is 0 Å². The van der Waals surface area contributed by atoms with Crippen LogP contribution in [-0.2, 0) is 0 Å². The van der Waals surface area contributed by atoms with Crippen molar-refractivity contribution in [3.8, 4) is 12.3 Å². The summed E-state index contributed by atoms with van der Waals surface area (Å²) in [5.74, 6) is 2.50. The smallest absolute Gasteiger partial charge is 0.160 e. The molecular formula is C6H10Cl2NP. The van der Waals surface area contributed by atoms with Crippen molar-refractivity contribution in [2.24, 2.45) is 0 Å². The highest BCUT2D eigenvalue weighted by atomic mass is 35.9. The van der Waals surface area contributed by atoms with E-state index in [9.17, 15) is 0 Å². The highest BCUT2D eigenvalue weighted by molar-refractivity contribution is 8.02. The Morgan fingerprint density at radius 3 is 2.20 bits per heavy atom. The van der Waals surface area contributed by atoms with Gasteiger partial charge in [-0.2, -0.15) is 0 Å². The fraction of sp³-hybridized carbons (Fsp3) is 0.667. The van der Waals surface area contributed by atoms with Crippen LogP contribution in [0, 0.1) is 12.3 Å². The maximum atomic E-state index is 5.68. The van der Waals surface area contributed by atoms with Crippen LogP contribution in [0.15, 0.2) is 0 Å². The first-order valence-electron chi connectivity index (χ1n) is 2.91. The molecule has 0 saturated carbocycles. The van der Waals surface area contributed by atoms with E-state index in [0.29, 0.717) is 12.6 Å². The second kappa shape index (κ2) is 5.22. The SMILES string of the molecule is C#CCN(C(C)C)P(Cl)Cl. The molecule has 10 heavy (non-hydrogen) atoms. The number of halogens is 2. The van der Waals surface area contributed by atoms with Gasteiger partial charge in [-0.15, -0.1) is 6.42 Å². The summed E-state index contributed by atoms with van der Waals surface area (Å²) in [6.45, 7) is 3.47. The fourth-order valence-electron chi connectivity index (χ4n) is 0.504. The molecule has 0 rings (SSSR count). The first-order valence-corrected chi connectivity index (χ1v) is 6.01. The van der Waals surface area contributed by atoms with Gasteiger partial charge in [0.2, 0.25) is 0 Å². The van der Waals surface area contributed by atoms with Crippen LogP contribution in [0.25, 0.3) is 0 Å². The van der Waals surface area contributed by atoms with Crippen LogP contribution in [0.1, 0.15) is 13.8 Å². The molecule has 1 nitrogen and oxygen atoms in total. The molecule has 58 valence electrons. The molecular weight excluding hydrogens is 188 g/mol. The van der Waals surface area contributed by atoms with Crippen molar-refractivity contribution in [1.29, 1.82) is 0 Å². The predicted molar refractivity (Wildman–Crippen MR) is 49.3 cm³/mol. The highest BCUT2D eigenvalue weighted by Crippen LogP contribution is 2.51. The lowest BCUT2D eigenvalue weighted by atomic mass is 10.4. The van der Waals surface area contributed by atoms with Crippen molar-refractivity contribution < 1.29 is 0 Å². The van der Waals surface area contributed by atoms with Gasteiger partial charge >= 0.3 is 0 Å². The Balaban J connectivity index is 3.88. The van der Waals surface area contributed by atoms with Crippen LogP contribution in [0.4, 0.5) is 0 Å². The third-order valence-electron chi connectivity index (χ3n) is 1.04. The average Bonchev–Trinajstić information content (AvgIpc) is 1.81. The van der Waals surface area contributed by atoms with Crippen molar-refractivity contribution in [1.82, 2.24) is 4.67 Å². The molecule has 0 aromatic rings. The molecule has 0 aliphatic carbocycles. The summed E-state index contributed by atoms with van der Waals surface area (Å²) in [6.07, 6.45) is 5.11. The van der Waals surface area contributed by atoms with Gasteiger partial charge < -0.3 is 0 Å². The van der Waals surface area contributed by atoms with Gasteiger partial charge in [0.25, 0.3) is 0 Å². The van der Waals surface area contributed by atoms with E-state index in [1.807, 2.05) is 18.5 Å². The maximum absolute atomic E-state index is 5.68. The Morgan fingerprint density at radius 1 is 1.60 bits per heavy atom. The number of hydrogen-bond acceptors (Lipinski definition) is 1. The summed E-state index contributed by atoms with van der Waals surface area (Å²) in [4.78, 5) is 0. The quantitative estimate of drug-likeness (QED) is 0.497. The van der Waals surface area contributed by atoms with Crippen molar-refractivity contribution in [3.63, 3.8) is 0 Å². The number of nitrogens with zero attached hydrogens (tertiary/aromatic N) is 1. The first kappa shape index (κ1) is 10.5. The normalized spacial score (nSPS) is 11.0. The van der Waals surface area contributed by atoms with Crippen molar-refractivity contribution in [2.45, 2.75) is 19.9 Å². The average molecular weight is 198 g/mol. The minimum atomic E-state index is -1.07. The Bertz CT molecular complexity index is 122. The van der Waals surface area contributed by atoms with Gasteiger partial charge in [0.15, 0.2) is 6.78 Å². The van der Waals surface area contributed by atoms with Gasteiger partial charge in [-0.05, 0) is 13.8 Å². The Hall–Kier alpha value is 0.530. The van der Waals surface area contributed by atoms with Gasteiger partial charge in [-0.25, -0.2) is 4.67 Å². The van der Waals surface area contributed by atoms with E-state index < -0.39 is 6.78 Å². The van der Waals surface area contributed by atoms with Crippen LogP contribution in [0.3, 0.4) is 0 Å². The summed E-state index contributed by atoms with van der Waals surface area (Å²) in [7, 11) is 0. The van der Waals surface area contributed by atoms with Gasteiger partial charge in [0.05, 0.1) is 6.54 Å². The van der Waals surface area contributed by atoms with E-state index in [1.165, 1.54) is 0 Å². The standard InChI is InChI=1S/C6H10Cl2NP/c1-4-5-9(6(2)3)10(7)8/h1,6H,5H2,2-3H3. The molecule has 0 heterocycles. The van der Waals surface area contributed by atoms with Crippen molar-refractivity contribution in [3.05, 3.63) is 0 Å². The summed E-state index contributed by atoms with van der Waals surface area (Å²) < 4.78 is 1.87. The summed E-state index contributed by atoms with van der Waals surface area (Å²) in [5, 5.41) is 0. The van der Waals surface area contributed by atoms with E-state index in [-0.39, 0.29) is 0 Å². The Morgan fingerprint density at radius 2 is 2.10 bits per heavy atom. The molecule has 0 aromatic carbocycles. The third-order valence-corrected chi connectivity index (χ3v) is 3.20. The highest BCUT2D eigenvalue weighted by Gasteiger charge is 2.14. The lowest BCUT2D eigenvalue weighted by Crippen LogP contribution is -2.23. The van der Waals surface area contributed by atoms with E-state index in [0.717, 1.165) is 0 Å². The molecule has 0 unspecified atom stereocenters. The zero-order valence-electron chi connectivity index (χ0n) is 6.01. The van der Waals surface area contributed by atoms with Crippen LogP contribution in [0.5, 0.6) is 0 Å². The molecule has 4 heteroatoms. The zero-order valence-corrected chi connectivity index (χ0v) is 8.42. The maximum Gasteiger partial charge on any atom is 0.160 e. The monoisotopic (exact) mass is 197 g/mol. The molecule has 0 amide bonds.